The molecule has 0 aromatic rings. The summed E-state index contributed by atoms with van der Waals surface area (Å²) in [6, 6.07) is 0.811. The van der Waals surface area contributed by atoms with Crippen LogP contribution in [0.3, 0.4) is 0 Å². The molecule has 0 bridgehead atoms. The zero-order valence-electron chi connectivity index (χ0n) is 11.4. The summed E-state index contributed by atoms with van der Waals surface area (Å²) in [6.45, 7) is 9.90. The number of likely N-dealkylation sites (N-methyl/N-ethyl adjacent to an activating group) is 2. The van der Waals surface area contributed by atoms with Crippen molar-refractivity contribution in [2.75, 3.05) is 33.2 Å². The minimum absolute atomic E-state index is 0.234. The Morgan fingerprint density at radius 3 is 2.35 bits per heavy atom. The molecule has 1 rings (SSSR count). The fourth-order valence-electron chi connectivity index (χ4n) is 2.42. The van der Waals surface area contributed by atoms with Crippen molar-refractivity contribution in [1.82, 2.24) is 15.1 Å². The molecule has 0 aliphatic carbocycles. The van der Waals surface area contributed by atoms with Crippen molar-refractivity contribution < 1.29 is 4.79 Å². The smallest absolute Gasteiger partial charge is 0.235 e. The van der Waals surface area contributed by atoms with Crippen molar-refractivity contribution >= 4 is 5.91 Å². The molecule has 1 aliphatic heterocycles. The lowest BCUT2D eigenvalue weighted by molar-refractivity contribution is -0.120. The predicted octanol–water partition coefficient (Wildman–Crippen LogP) is -0.526. The second kappa shape index (κ2) is 6.33. The van der Waals surface area contributed by atoms with Gasteiger partial charge in [0, 0.05) is 31.7 Å². The molecule has 0 aromatic carbocycles. The molecule has 100 valence electrons. The van der Waals surface area contributed by atoms with Crippen LogP contribution >= 0.6 is 0 Å². The third-order valence-electron chi connectivity index (χ3n) is 3.67. The van der Waals surface area contributed by atoms with Gasteiger partial charge in [-0.15, -0.1) is 0 Å². The molecule has 1 aliphatic rings. The molecule has 17 heavy (non-hydrogen) atoms. The summed E-state index contributed by atoms with van der Waals surface area (Å²) in [4.78, 5) is 16.0. The highest BCUT2D eigenvalue weighted by Crippen LogP contribution is 2.13. The summed E-state index contributed by atoms with van der Waals surface area (Å²) >= 11 is 0. The van der Waals surface area contributed by atoms with Crippen molar-refractivity contribution in [1.29, 1.82) is 0 Å². The van der Waals surface area contributed by atoms with Crippen molar-refractivity contribution in [3.63, 3.8) is 0 Å². The summed E-state index contributed by atoms with van der Waals surface area (Å²) in [5, 5.41) is 3.14. The van der Waals surface area contributed by atoms with E-state index >= 15 is 0 Å². The number of hydrogen-bond donors (Lipinski definition) is 2. The average Bonchev–Trinajstić information content (AvgIpc) is 2.25. The van der Waals surface area contributed by atoms with Crippen LogP contribution in [0.2, 0.25) is 0 Å². The first-order valence-corrected chi connectivity index (χ1v) is 6.42. The van der Waals surface area contributed by atoms with Crippen LogP contribution in [-0.2, 0) is 4.79 Å². The van der Waals surface area contributed by atoms with Gasteiger partial charge in [0.25, 0.3) is 0 Å². The van der Waals surface area contributed by atoms with Gasteiger partial charge in [-0.3, -0.25) is 14.6 Å². The van der Waals surface area contributed by atoms with E-state index in [9.17, 15) is 4.79 Å². The third kappa shape index (κ3) is 3.94. The Labute approximate surface area is 104 Å². The van der Waals surface area contributed by atoms with Gasteiger partial charge in [0.15, 0.2) is 0 Å². The van der Waals surface area contributed by atoms with Crippen molar-refractivity contribution in [3.05, 3.63) is 0 Å². The molecule has 1 heterocycles. The Bertz CT molecular complexity index is 247. The Morgan fingerprint density at radius 1 is 1.41 bits per heavy atom. The first kappa shape index (κ1) is 14.4. The number of carbonyl (C=O) groups is 1. The van der Waals surface area contributed by atoms with Crippen molar-refractivity contribution in [2.24, 2.45) is 5.73 Å². The second-order valence-electron chi connectivity index (χ2n) is 5.09. The number of nitrogens with zero attached hydrogens (tertiary/aromatic N) is 2. The van der Waals surface area contributed by atoms with Gasteiger partial charge in [-0.2, -0.15) is 0 Å². The van der Waals surface area contributed by atoms with Crippen LogP contribution in [-0.4, -0.2) is 67.1 Å². The molecule has 1 saturated heterocycles. The summed E-state index contributed by atoms with van der Waals surface area (Å²) in [5.41, 5.74) is 5.40. The highest BCUT2D eigenvalue weighted by atomic mass is 16.1. The Balaban J connectivity index is 2.53. The molecule has 3 N–H and O–H groups in total. The third-order valence-corrected chi connectivity index (χ3v) is 3.67. The fraction of sp³-hybridized carbons (Fsp3) is 0.917. The van der Waals surface area contributed by atoms with E-state index in [0.717, 1.165) is 19.6 Å². The lowest BCUT2D eigenvalue weighted by atomic mass is 10.1. The molecule has 0 saturated carbocycles. The van der Waals surface area contributed by atoms with Gasteiger partial charge in [-0.1, -0.05) is 6.92 Å². The molecule has 3 unspecified atom stereocenters. The molecule has 5 heteroatoms. The van der Waals surface area contributed by atoms with Crippen LogP contribution in [0.4, 0.5) is 0 Å². The maximum absolute atomic E-state index is 11.3. The standard InChI is InChI=1S/C12H26N4O/c1-5-14-11(12(13)17)8-16-6-9(2)15(4)10(3)7-16/h9-11,14H,5-8H2,1-4H3,(H2,13,17). The molecular weight excluding hydrogens is 216 g/mol. The molecular formula is C12H26N4O. The van der Waals surface area contributed by atoms with Crippen LogP contribution in [0.1, 0.15) is 20.8 Å². The van der Waals surface area contributed by atoms with E-state index in [0.29, 0.717) is 18.6 Å². The quantitative estimate of drug-likeness (QED) is 0.681. The topological polar surface area (TPSA) is 61.6 Å². The summed E-state index contributed by atoms with van der Waals surface area (Å²) in [7, 11) is 2.16. The maximum atomic E-state index is 11.3. The largest absolute Gasteiger partial charge is 0.368 e. The molecule has 0 radical (unpaired) electrons. The van der Waals surface area contributed by atoms with E-state index in [1.54, 1.807) is 0 Å². The number of piperazine rings is 1. The summed E-state index contributed by atoms with van der Waals surface area (Å²) in [6.07, 6.45) is 0. The zero-order valence-corrected chi connectivity index (χ0v) is 11.4. The lowest BCUT2D eigenvalue weighted by Gasteiger charge is -2.43. The number of hydrogen-bond acceptors (Lipinski definition) is 4. The zero-order chi connectivity index (χ0) is 13.0. The number of amides is 1. The van der Waals surface area contributed by atoms with Gasteiger partial charge in [0.05, 0.1) is 6.04 Å². The van der Waals surface area contributed by atoms with E-state index < -0.39 is 0 Å². The average molecular weight is 242 g/mol. The number of nitrogens with one attached hydrogen (secondary N) is 1. The van der Waals surface area contributed by atoms with E-state index in [1.807, 2.05) is 6.92 Å². The molecule has 5 nitrogen and oxygen atoms in total. The Morgan fingerprint density at radius 2 is 1.94 bits per heavy atom. The van der Waals surface area contributed by atoms with E-state index in [-0.39, 0.29) is 11.9 Å². The Hall–Kier alpha value is -0.650. The lowest BCUT2D eigenvalue weighted by Crippen LogP contribution is -2.58. The predicted molar refractivity (Wildman–Crippen MR) is 69.8 cm³/mol. The highest BCUT2D eigenvalue weighted by molar-refractivity contribution is 5.80. The van der Waals surface area contributed by atoms with Gasteiger partial charge >= 0.3 is 0 Å². The summed E-state index contributed by atoms with van der Waals surface area (Å²) < 4.78 is 0. The van der Waals surface area contributed by atoms with E-state index in [4.69, 9.17) is 5.73 Å². The van der Waals surface area contributed by atoms with E-state index in [2.05, 4.69) is 36.0 Å². The van der Waals surface area contributed by atoms with Crippen molar-refractivity contribution in [2.45, 2.75) is 38.9 Å². The molecule has 1 amide bonds. The van der Waals surface area contributed by atoms with Crippen LogP contribution in [0.5, 0.6) is 0 Å². The van der Waals surface area contributed by atoms with Crippen molar-refractivity contribution in [3.8, 4) is 0 Å². The number of carbonyl (C=O) groups excluding carboxylic acids is 1. The summed E-state index contributed by atoms with van der Waals surface area (Å²) in [5.74, 6) is -0.258. The first-order chi connectivity index (χ1) is 7.95. The molecule has 0 aromatic heterocycles. The monoisotopic (exact) mass is 242 g/mol. The SMILES string of the molecule is CCNC(CN1CC(C)N(C)C(C)C1)C(N)=O. The van der Waals surface area contributed by atoms with Gasteiger partial charge in [-0.25, -0.2) is 0 Å². The van der Waals surface area contributed by atoms with Crippen LogP contribution in [0.15, 0.2) is 0 Å². The normalized spacial score (nSPS) is 29.2. The van der Waals surface area contributed by atoms with Crippen LogP contribution in [0, 0.1) is 0 Å². The Kier molecular flexibility index (Phi) is 5.36. The molecule has 3 atom stereocenters. The van der Waals surface area contributed by atoms with Gasteiger partial charge in [-0.05, 0) is 27.4 Å². The van der Waals surface area contributed by atoms with Gasteiger partial charge < -0.3 is 11.1 Å². The number of rotatable bonds is 5. The molecule has 1 fully saturated rings. The fourth-order valence-corrected chi connectivity index (χ4v) is 2.42. The molecule has 0 spiro atoms. The number of primary amides is 1. The minimum Gasteiger partial charge on any atom is -0.368 e. The van der Waals surface area contributed by atoms with Gasteiger partial charge in [0.1, 0.15) is 0 Å². The van der Waals surface area contributed by atoms with Crippen LogP contribution < -0.4 is 11.1 Å². The first-order valence-electron chi connectivity index (χ1n) is 6.42. The maximum Gasteiger partial charge on any atom is 0.235 e. The second-order valence-corrected chi connectivity index (χ2v) is 5.09. The van der Waals surface area contributed by atoms with E-state index in [1.165, 1.54) is 0 Å². The van der Waals surface area contributed by atoms with Crippen LogP contribution in [0.25, 0.3) is 0 Å². The minimum atomic E-state index is -0.258. The number of nitrogens with two attached hydrogens (primary N) is 1. The highest BCUT2D eigenvalue weighted by Gasteiger charge is 2.28. The van der Waals surface area contributed by atoms with Gasteiger partial charge in [0.2, 0.25) is 5.91 Å².